The zero-order valence-corrected chi connectivity index (χ0v) is 16.8. The van der Waals surface area contributed by atoms with Crippen LogP contribution in [-0.4, -0.2) is 44.9 Å². The van der Waals surface area contributed by atoms with E-state index in [-0.39, 0.29) is 17.0 Å². The van der Waals surface area contributed by atoms with Crippen molar-refractivity contribution in [2.45, 2.75) is 11.4 Å². The number of sulfonamides is 1. The van der Waals surface area contributed by atoms with Crippen molar-refractivity contribution >= 4 is 31.9 Å². The van der Waals surface area contributed by atoms with E-state index in [4.69, 9.17) is 4.84 Å². The molecular formula is C17H18BrFN2O4S. The minimum atomic E-state index is -3.87. The van der Waals surface area contributed by atoms with Gasteiger partial charge >= 0.3 is 0 Å². The quantitative estimate of drug-likeness (QED) is 0.642. The van der Waals surface area contributed by atoms with Crippen LogP contribution in [-0.2, 0) is 21.4 Å². The zero-order chi connectivity index (χ0) is 19.5. The Labute approximate surface area is 160 Å². The lowest BCUT2D eigenvalue weighted by molar-refractivity contribution is -0.0258. The van der Waals surface area contributed by atoms with Crippen molar-refractivity contribution in [3.63, 3.8) is 0 Å². The predicted octanol–water partition coefficient (Wildman–Crippen LogP) is 3.04. The number of halogens is 2. The average Bonchev–Trinajstić information content (AvgIpc) is 2.63. The lowest BCUT2D eigenvalue weighted by Gasteiger charge is -2.19. The van der Waals surface area contributed by atoms with Gasteiger partial charge in [-0.15, -0.1) is 0 Å². The summed E-state index contributed by atoms with van der Waals surface area (Å²) in [6.45, 7) is 0.0407. The number of nitrogens with zero attached hydrogens (tertiary/aromatic N) is 2. The summed E-state index contributed by atoms with van der Waals surface area (Å²) in [4.78, 5) is 18.6. The second-order valence-electron chi connectivity index (χ2n) is 5.52. The molecule has 2 rings (SSSR count). The molecule has 6 nitrogen and oxygen atoms in total. The van der Waals surface area contributed by atoms with Gasteiger partial charge in [0.05, 0.1) is 12.0 Å². The summed E-state index contributed by atoms with van der Waals surface area (Å²) in [5, 5.41) is 0. The van der Waals surface area contributed by atoms with Gasteiger partial charge in [0.25, 0.3) is 15.9 Å². The molecule has 0 unspecified atom stereocenters. The van der Waals surface area contributed by atoms with E-state index in [0.29, 0.717) is 14.5 Å². The first-order valence-electron chi connectivity index (χ1n) is 7.49. The molecule has 0 saturated carbocycles. The van der Waals surface area contributed by atoms with Gasteiger partial charge in [-0.2, -0.15) is 0 Å². The third-order valence-corrected chi connectivity index (χ3v) is 5.91. The van der Waals surface area contributed by atoms with E-state index >= 15 is 0 Å². The maximum atomic E-state index is 13.9. The van der Waals surface area contributed by atoms with E-state index in [1.807, 2.05) is 0 Å². The van der Waals surface area contributed by atoms with Crippen LogP contribution in [0.3, 0.4) is 0 Å². The van der Waals surface area contributed by atoms with Gasteiger partial charge in [0.2, 0.25) is 0 Å². The predicted molar refractivity (Wildman–Crippen MR) is 98.3 cm³/mol. The number of hydrogen-bond acceptors (Lipinski definition) is 4. The highest BCUT2D eigenvalue weighted by Gasteiger charge is 2.23. The summed E-state index contributed by atoms with van der Waals surface area (Å²) in [5.41, 5.74) is 0.520. The second-order valence-corrected chi connectivity index (χ2v) is 8.37. The lowest BCUT2D eigenvalue weighted by Crippen LogP contribution is -2.28. The summed E-state index contributed by atoms with van der Waals surface area (Å²) in [7, 11) is 0.136. The molecule has 0 fully saturated rings. The molecular weight excluding hydrogens is 427 g/mol. The number of carbonyl (C=O) groups is 1. The summed E-state index contributed by atoms with van der Waals surface area (Å²) >= 11 is 3.27. The monoisotopic (exact) mass is 444 g/mol. The molecule has 0 spiro atoms. The van der Waals surface area contributed by atoms with Crippen LogP contribution in [0.15, 0.2) is 51.8 Å². The lowest BCUT2D eigenvalue weighted by atomic mass is 10.1. The van der Waals surface area contributed by atoms with Crippen LogP contribution in [0.5, 0.6) is 0 Å². The molecule has 9 heteroatoms. The maximum absolute atomic E-state index is 13.9. The van der Waals surface area contributed by atoms with Crippen molar-refractivity contribution < 1.29 is 22.4 Å². The standard InChI is InChI=1S/C17H18BrFN2O4S/c1-20(11-13-9-14(18)7-8-16(13)19)17(22)12-5-4-6-15(10-12)26(23,24)21(2)25-3/h4-10H,11H2,1-3H3. The smallest absolute Gasteiger partial charge is 0.264 e. The Morgan fingerprint density at radius 2 is 1.88 bits per heavy atom. The van der Waals surface area contributed by atoms with E-state index in [0.717, 1.165) is 0 Å². The van der Waals surface area contributed by atoms with Gasteiger partial charge in [-0.25, -0.2) is 12.8 Å². The molecule has 26 heavy (non-hydrogen) atoms. The maximum Gasteiger partial charge on any atom is 0.264 e. The van der Waals surface area contributed by atoms with Crippen LogP contribution in [0.2, 0.25) is 0 Å². The third-order valence-electron chi connectivity index (χ3n) is 3.74. The van der Waals surface area contributed by atoms with Gasteiger partial charge in [0, 0.05) is 36.2 Å². The van der Waals surface area contributed by atoms with E-state index in [9.17, 15) is 17.6 Å². The Hall–Kier alpha value is -1.81. The number of rotatable bonds is 6. The Morgan fingerprint density at radius 3 is 2.54 bits per heavy atom. The highest BCUT2D eigenvalue weighted by atomic mass is 79.9. The van der Waals surface area contributed by atoms with Crippen LogP contribution in [0.1, 0.15) is 15.9 Å². The highest BCUT2D eigenvalue weighted by molar-refractivity contribution is 9.10. The zero-order valence-electron chi connectivity index (χ0n) is 14.4. The number of carbonyl (C=O) groups excluding carboxylic acids is 1. The second kappa shape index (κ2) is 8.26. The molecule has 140 valence electrons. The molecule has 0 aliphatic carbocycles. The molecule has 0 bridgehead atoms. The Bertz CT molecular complexity index is 921. The minimum absolute atomic E-state index is 0.0407. The van der Waals surface area contributed by atoms with Gasteiger partial charge in [0.1, 0.15) is 5.82 Å². The molecule has 0 radical (unpaired) electrons. The fourth-order valence-electron chi connectivity index (χ4n) is 2.25. The van der Waals surface area contributed by atoms with Crippen LogP contribution in [0.25, 0.3) is 0 Å². The molecule has 0 saturated heterocycles. The molecule has 0 heterocycles. The number of amides is 1. The van der Waals surface area contributed by atoms with Crippen LogP contribution in [0.4, 0.5) is 4.39 Å². The van der Waals surface area contributed by atoms with Gasteiger partial charge < -0.3 is 4.90 Å². The topological polar surface area (TPSA) is 66.9 Å². The summed E-state index contributed by atoms with van der Waals surface area (Å²) in [5.74, 6) is -0.854. The van der Waals surface area contributed by atoms with Crippen molar-refractivity contribution in [2.24, 2.45) is 0 Å². The molecule has 0 atom stereocenters. The van der Waals surface area contributed by atoms with Gasteiger partial charge in [-0.3, -0.25) is 9.63 Å². The molecule has 0 aromatic heterocycles. The van der Waals surface area contributed by atoms with E-state index in [2.05, 4.69) is 15.9 Å². The Morgan fingerprint density at radius 1 is 1.19 bits per heavy atom. The van der Waals surface area contributed by atoms with Crippen molar-refractivity contribution in [1.82, 2.24) is 9.37 Å². The Kier molecular flexibility index (Phi) is 6.51. The van der Waals surface area contributed by atoms with Crippen LogP contribution in [0, 0.1) is 5.82 Å². The minimum Gasteiger partial charge on any atom is -0.337 e. The van der Waals surface area contributed by atoms with E-state index < -0.39 is 21.7 Å². The Balaban J connectivity index is 2.27. The van der Waals surface area contributed by atoms with Gasteiger partial charge in [-0.05, 0) is 36.4 Å². The van der Waals surface area contributed by atoms with Crippen LogP contribution >= 0.6 is 15.9 Å². The summed E-state index contributed by atoms with van der Waals surface area (Å²) < 4.78 is 39.9. The number of benzene rings is 2. The number of hydroxylamine groups is 1. The molecule has 1 amide bonds. The molecule has 0 aliphatic heterocycles. The summed E-state index contributed by atoms with van der Waals surface area (Å²) in [6, 6.07) is 10.1. The highest BCUT2D eigenvalue weighted by Crippen LogP contribution is 2.20. The SMILES string of the molecule is CON(C)S(=O)(=O)c1cccc(C(=O)N(C)Cc2cc(Br)ccc2F)c1. The normalized spacial score (nSPS) is 11.6. The van der Waals surface area contributed by atoms with Crippen molar-refractivity contribution in [3.8, 4) is 0 Å². The van der Waals surface area contributed by atoms with Gasteiger partial charge in [0.15, 0.2) is 0 Å². The first kappa shape index (κ1) is 20.5. The fraction of sp³-hybridized carbons (Fsp3) is 0.235. The molecule has 0 aliphatic rings. The average molecular weight is 445 g/mol. The number of hydrogen-bond donors (Lipinski definition) is 0. The van der Waals surface area contributed by atoms with Crippen molar-refractivity contribution in [3.05, 3.63) is 63.9 Å². The van der Waals surface area contributed by atoms with Crippen LogP contribution < -0.4 is 0 Å². The van der Waals surface area contributed by atoms with E-state index in [1.54, 1.807) is 12.1 Å². The largest absolute Gasteiger partial charge is 0.337 e. The first-order valence-corrected chi connectivity index (χ1v) is 9.72. The molecule has 2 aromatic rings. The summed E-state index contributed by atoms with van der Waals surface area (Å²) in [6.07, 6.45) is 0. The first-order chi connectivity index (χ1) is 12.2. The van der Waals surface area contributed by atoms with Crippen molar-refractivity contribution in [1.29, 1.82) is 0 Å². The third kappa shape index (κ3) is 4.47. The molecule has 0 N–H and O–H groups in total. The fourth-order valence-corrected chi connectivity index (χ4v) is 3.68. The van der Waals surface area contributed by atoms with Crippen molar-refractivity contribution in [2.75, 3.05) is 21.2 Å². The van der Waals surface area contributed by atoms with Gasteiger partial charge in [-0.1, -0.05) is 26.5 Å². The molecule has 2 aromatic carbocycles. The van der Waals surface area contributed by atoms with E-state index in [1.165, 1.54) is 56.4 Å².